The fourth-order valence-corrected chi connectivity index (χ4v) is 0. The van der Waals surface area contributed by atoms with E-state index in [0.29, 0.717) is 0 Å². The van der Waals surface area contributed by atoms with Gasteiger partial charge in [-0.1, -0.05) is 0 Å². The normalized spacial score (nSPS) is 5.25. The van der Waals surface area contributed by atoms with Crippen molar-refractivity contribution in [2.45, 2.75) is 0 Å². The van der Waals surface area contributed by atoms with Crippen LogP contribution in [0.1, 0.15) is 0 Å². The maximum atomic E-state index is 8.51. The minimum absolute atomic E-state index is 0. The molecule has 4 heteroatoms. The van der Waals surface area contributed by atoms with Crippen molar-refractivity contribution in [2.75, 3.05) is 0 Å². The SMILES string of the molecule is O=[PH+]O.[Na+]. The van der Waals surface area contributed by atoms with Crippen molar-refractivity contribution in [2.24, 2.45) is 0 Å². The third kappa shape index (κ3) is 11.6. The molecule has 2 nitrogen and oxygen atoms in total. The van der Waals surface area contributed by atoms with Crippen LogP contribution in [0.25, 0.3) is 0 Å². The number of hydrogen-bond acceptors (Lipinski definition) is 1. The predicted octanol–water partition coefficient (Wildman–Crippen LogP) is -3.08. The van der Waals surface area contributed by atoms with E-state index in [1.165, 1.54) is 0 Å². The molecule has 1 N–H and O–H groups in total. The van der Waals surface area contributed by atoms with Crippen LogP contribution in [0.3, 0.4) is 0 Å². The topological polar surface area (TPSA) is 37.3 Å². The molecular formula is H2NaO2P+2. The maximum absolute atomic E-state index is 8.51. The monoisotopic (exact) mass is 88.0 g/mol. The van der Waals surface area contributed by atoms with Gasteiger partial charge in [-0.2, -0.15) is 4.89 Å². The Labute approximate surface area is 47.8 Å². The first kappa shape index (κ1) is 8.91. The van der Waals surface area contributed by atoms with Gasteiger partial charge in [0.2, 0.25) is 0 Å². The summed E-state index contributed by atoms with van der Waals surface area (Å²) in [4.78, 5) is 7.04. The molecule has 0 saturated carbocycles. The van der Waals surface area contributed by atoms with Crippen LogP contribution in [-0.2, 0) is 4.57 Å². The quantitative estimate of drug-likeness (QED) is 0.252. The first-order valence-corrected chi connectivity index (χ1v) is 1.28. The summed E-state index contributed by atoms with van der Waals surface area (Å²) in [6.07, 6.45) is 0. The van der Waals surface area contributed by atoms with Crippen LogP contribution >= 0.6 is 8.69 Å². The van der Waals surface area contributed by atoms with Gasteiger partial charge in [0.15, 0.2) is 0 Å². The Balaban J connectivity index is 0. The van der Waals surface area contributed by atoms with Crippen LogP contribution in [0.4, 0.5) is 0 Å². The first-order chi connectivity index (χ1) is 1.41. The molecule has 0 bridgehead atoms. The van der Waals surface area contributed by atoms with Crippen LogP contribution in [-0.4, -0.2) is 4.89 Å². The molecule has 18 valence electrons. The Hall–Kier alpha value is 1.06. The standard InChI is InChI=1S/Na.HO2P/c;1-3-2/h;3H/q+1;/p+1. The largest absolute Gasteiger partial charge is 1.00 e. The van der Waals surface area contributed by atoms with Crippen LogP contribution < -0.4 is 29.6 Å². The van der Waals surface area contributed by atoms with Crippen LogP contribution in [0.2, 0.25) is 0 Å². The maximum Gasteiger partial charge on any atom is 1.00 e. The molecule has 0 aromatic heterocycles. The predicted molar refractivity (Wildman–Crippen MR) is 11.2 cm³/mol. The fraction of sp³-hybridized carbons (Fsp3) is 0. The summed E-state index contributed by atoms with van der Waals surface area (Å²) in [5.41, 5.74) is 0. The Morgan fingerprint density at radius 1 is 1.75 bits per heavy atom. The summed E-state index contributed by atoms with van der Waals surface area (Å²) in [7, 11) is -1.17. The summed E-state index contributed by atoms with van der Waals surface area (Å²) in [5, 5.41) is 0. The van der Waals surface area contributed by atoms with Gasteiger partial charge < -0.3 is 0 Å². The first-order valence-electron chi connectivity index (χ1n) is 0.428. The van der Waals surface area contributed by atoms with Gasteiger partial charge in [0.05, 0.1) is 0 Å². The fourth-order valence-electron chi connectivity index (χ4n) is 0. The molecule has 1 unspecified atom stereocenters. The van der Waals surface area contributed by atoms with Crippen LogP contribution in [0.15, 0.2) is 0 Å². The van der Waals surface area contributed by atoms with Crippen molar-refractivity contribution >= 4 is 8.69 Å². The molecule has 4 heavy (non-hydrogen) atoms. The zero-order valence-corrected chi connectivity index (χ0v) is 5.36. The van der Waals surface area contributed by atoms with E-state index in [1.54, 1.807) is 0 Å². The molecule has 0 aromatic carbocycles. The smallest absolute Gasteiger partial charge is 0.162 e. The molecule has 0 saturated heterocycles. The second kappa shape index (κ2) is 8.96. The van der Waals surface area contributed by atoms with Gasteiger partial charge in [-0.3, -0.25) is 0 Å². The van der Waals surface area contributed by atoms with E-state index in [0.717, 1.165) is 0 Å². The van der Waals surface area contributed by atoms with Gasteiger partial charge in [-0.15, -0.1) is 0 Å². The molecule has 0 aromatic rings. The van der Waals surface area contributed by atoms with Crippen molar-refractivity contribution < 1.29 is 39.0 Å². The Morgan fingerprint density at radius 2 is 1.75 bits per heavy atom. The zero-order chi connectivity index (χ0) is 2.71. The molecule has 0 radical (unpaired) electrons. The van der Waals surface area contributed by atoms with Gasteiger partial charge >= 0.3 is 38.2 Å². The van der Waals surface area contributed by atoms with Crippen molar-refractivity contribution in [3.05, 3.63) is 0 Å². The van der Waals surface area contributed by atoms with Crippen LogP contribution in [0, 0.1) is 0 Å². The summed E-state index contributed by atoms with van der Waals surface area (Å²) in [6.45, 7) is 0. The minimum atomic E-state index is -1.17. The van der Waals surface area contributed by atoms with E-state index < -0.39 is 8.69 Å². The Bertz CT molecular complexity index is 13.5. The molecule has 0 fully saturated rings. The van der Waals surface area contributed by atoms with E-state index in [-0.39, 0.29) is 29.6 Å². The zero-order valence-electron chi connectivity index (χ0n) is 2.36. The molecular weight excluding hydrogens is 86.0 g/mol. The van der Waals surface area contributed by atoms with Crippen molar-refractivity contribution in [1.29, 1.82) is 0 Å². The van der Waals surface area contributed by atoms with Crippen LogP contribution in [0.5, 0.6) is 0 Å². The van der Waals surface area contributed by atoms with Gasteiger partial charge in [0, 0.05) is 0 Å². The molecule has 0 aliphatic carbocycles. The van der Waals surface area contributed by atoms with Crippen molar-refractivity contribution in [1.82, 2.24) is 0 Å². The van der Waals surface area contributed by atoms with E-state index >= 15 is 0 Å². The molecule has 0 heterocycles. The Kier molecular flexibility index (Phi) is 19.9. The number of hydrogen-bond donors (Lipinski definition) is 1. The minimum Gasteiger partial charge on any atom is -0.162 e. The third-order valence-corrected chi connectivity index (χ3v) is 0. The second-order valence-electron chi connectivity index (χ2n) is 0.0913. The summed E-state index contributed by atoms with van der Waals surface area (Å²) in [5.74, 6) is 0. The molecule has 0 spiro atoms. The van der Waals surface area contributed by atoms with Crippen molar-refractivity contribution in [3.63, 3.8) is 0 Å². The molecule has 0 amide bonds. The second-order valence-corrected chi connectivity index (χ2v) is 0.274. The average molecular weight is 88.0 g/mol. The molecule has 1 atom stereocenters. The van der Waals surface area contributed by atoms with Gasteiger partial charge in [0.25, 0.3) is 0 Å². The molecule has 0 aliphatic heterocycles. The number of rotatable bonds is 0. The summed E-state index contributed by atoms with van der Waals surface area (Å²) < 4.78 is 8.51. The van der Waals surface area contributed by atoms with Gasteiger partial charge in [-0.05, 0) is 4.57 Å². The van der Waals surface area contributed by atoms with Gasteiger partial charge in [0.1, 0.15) is 0 Å². The molecule has 0 rings (SSSR count). The van der Waals surface area contributed by atoms with E-state index in [1.807, 2.05) is 0 Å². The average Bonchev–Trinajstić information content (AvgIpc) is 0.918. The van der Waals surface area contributed by atoms with Gasteiger partial charge in [-0.25, -0.2) is 0 Å². The third-order valence-electron chi connectivity index (χ3n) is 0. The Morgan fingerprint density at radius 3 is 1.75 bits per heavy atom. The van der Waals surface area contributed by atoms with Crippen molar-refractivity contribution in [3.8, 4) is 0 Å². The van der Waals surface area contributed by atoms with E-state index in [2.05, 4.69) is 0 Å². The summed E-state index contributed by atoms with van der Waals surface area (Å²) >= 11 is 0. The summed E-state index contributed by atoms with van der Waals surface area (Å²) in [6, 6.07) is 0. The van der Waals surface area contributed by atoms with E-state index in [9.17, 15) is 0 Å². The van der Waals surface area contributed by atoms with E-state index in [4.69, 9.17) is 9.46 Å². The molecule has 0 aliphatic rings.